The summed E-state index contributed by atoms with van der Waals surface area (Å²) in [6.07, 6.45) is 4.43. The van der Waals surface area contributed by atoms with Crippen LogP contribution in [0.15, 0.2) is 54.9 Å². The Hall–Kier alpha value is -2.84. The molecule has 28 heavy (non-hydrogen) atoms. The van der Waals surface area contributed by atoms with E-state index in [1.54, 1.807) is 17.1 Å². The van der Waals surface area contributed by atoms with Crippen molar-refractivity contribution in [3.63, 3.8) is 0 Å². The molecule has 146 valence electrons. The van der Waals surface area contributed by atoms with E-state index in [4.69, 9.17) is 17.3 Å². The van der Waals surface area contributed by atoms with Gasteiger partial charge in [0, 0.05) is 30.2 Å². The molecule has 0 radical (unpaired) electrons. The number of hydrogen-bond acceptors (Lipinski definition) is 4. The Morgan fingerprint density at radius 3 is 2.68 bits per heavy atom. The molecule has 0 fully saturated rings. The molecule has 0 bridgehead atoms. The first-order valence-electron chi connectivity index (χ1n) is 9.33. The Labute approximate surface area is 169 Å². The van der Waals surface area contributed by atoms with Gasteiger partial charge in [0.15, 0.2) is 19.0 Å². The fraction of sp³-hybridized carbons (Fsp3) is 0.300. The molecule has 0 aliphatic rings. The quantitative estimate of drug-likeness (QED) is 0.565. The highest BCUT2D eigenvalue weighted by atomic mass is 32.1. The first kappa shape index (κ1) is 19.9. The number of aromatic nitrogens is 4. The third kappa shape index (κ3) is 4.71. The number of nitrogens with zero attached hydrogens (tertiary/aromatic N) is 4. The molecule has 0 saturated carbocycles. The average molecular weight is 398 g/mol. The number of amides is 1. The standard InChI is InChI=1S/C20H24N6OS/c1-3-11-22-18(27)14-24(2)15-25-20(28)26(17-9-5-4-6-10-17)19(23-25)16-8-7-12-21-13-16/h4-10,12-13H,3,11,14-15H2,1-2H3,(H,22,27)/p+1. The summed E-state index contributed by atoms with van der Waals surface area (Å²) in [4.78, 5) is 17.2. The number of benzene rings is 1. The smallest absolute Gasteiger partial charge is 0.275 e. The molecule has 0 aliphatic heterocycles. The van der Waals surface area contributed by atoms with Crippen molar-refractivity contribution in [2.24, 2.45) is 0 Å². The van der Waals surface area contributed by atoms with Gasteiger partial charge in [0.05, 0.1) is 7.05 Å². The molecular weight excluding hydrogens is 372 g/mol. The van der Waals surface area contributed by atoms with E-state index in [1.165, 1.54) is 0 Å². The van der Waals surface area contributed by atoms with Crippen LogP contribution in [0, 0.1) is 4.77 Å². The highest BCUT2D eigenvalue weighted by Crippen LogP contribution is 2.21. The monoisotopic (exact) mass is 397 g/mol. The van der Waals surface area contributed by atoms with Gasteiger partial charge in [0.25, 0.3) is 5.91 Å². The van der Waals surface area contributed by atoms with Gasteiger partial charge in [-0.15, -0.1) is 5.10 Å². The summed E-state index contributed by atoms with van der Waals surface area (Å²) in [5, 5.41) is 7.65. The fourth-order valence-corrected chi connectivity index (χ4v) is 3.21. The molecule has 2 heterocycles. The zero-order valence-corrected chi connectivity index (χ0v) is 16.9. The molecule has 0 spiro atoms. The van der Waals surface area contributed by atoms with Gasteiger partial charge in [0.1, 0.15) is 0 Å². The van der Waals surface area contributed by atoms with Crippen molar-refractivity contribution in [3.05, 3.63) is 59.6 Å². The van der Waals surface area contributed by atoms with E-state index in [-0.39, 0.29) is 5.91 Å². The summed E-state index contributed by atoms with van der Waals surface area (Å²) in [6, 6.07) is 13.7. The minimum Gasteiger partial charge on any atom is -0.351 e. The number of nitrogens with one attached hydrogen (secondary N) is 2. The minimum absolute atomic E-state index is 0.0286. The lowest BCUT2D eigenvalue weighted by Gasteiger charge is -2.13. The van der Waals surface area contributed by atoms with Gasteiger partial charge in [-0.1, -0.05) is 25.1 Å². The average Bonchev–Trinajstić information content (AvgIpc) is 3.03. The second kappa shape index (κ2) is 9.38. The van der Waals surface area contributed by atoms with Crippen LogP contribution in [-0.2, 0) is 11.5 Å². The normalized spacial score (nSPS) is 11.9. The van der Waals surface area contributed by atoms with E-state index in [0.29, 0.717) is 24.5 Å². The summed E-state index contributed by atoms with van der Waals surface area (Å²) in [6.45, 7) is 3.58. The Morgan fingerprint density at radius 1 is 1.21 bits per heavy atom. The largest absolute Gasteiger partial charge is 0.351 e. The van der Waals surface area contributed by atoms with Gasteiger partial charge < -0.3 is 10.2 Å². The lowest BCUT2D eigenvalue weighted by atomic mass is 10.2. The molecule has 2 aromatic heterocycles. The Kier molecular flexibility index (Phi) is 6.67. The molecule has 1 atom stereocenters. The Balaban J connectivity index is 1.92. The van der Waals surface area contributed by atoms with Crippen molar-refractivity contribution in [1.29, 1.82) is 0 Å². The van der Waals surface area contributed by atoms with E-state index in [2.05, 4.69) is 10.3 Å². The number of carbonyl (C=O) groups is 1. The van der Waals surface area contributed by atoms with Crippen LogP contribution in [0.1, 0.15) is 13.3 Å². The van der Waals surface area contributed by atoms with Gasteiger partial charge in [0.2, 0.25) is 4.77 Å². The van der Waals surface area contributed by atoms with E-state index < -0.39 is 0 Å². The molecule has 3 aromatic rings. The van der Waals surface area contributed by atoms with E-state index in [9.17, 15) is 4.79 Å². The lowest BCUT2D eigenvalue weighted by molar-refractivity contribution is -0.895. The van der Waals surface area contributed by atoms with Crippen LogP contribution < -0.4 is 10.2 Å². The third-order valence-electron chi connectivity index (χ3n) is 4.23. The molecule has 0 saturated heterocycles. The maximum Gasteiger partial charge on any atom is 0.275 e. The summed E-state index contributed by atoms with van der Waals surface area (Å²) in [5.41, 5.74) is 1.82. The maximum atomic E-state index is 12.0. The lowest BCUT2D eigenvalue weighted by Crippen LogP contribution is -3.09. The van der Waals surface area contributed by atoms with Crippen molar-refractivity contribution >= 4 is 18.1 Å². The summed E-state index contributed by atoms with van der Waals surface area (Å²) in [5.74, 6) is 0.758. The van der Waals surface area contributed by atoms with Gasteiger partial charge in [-0.05, 0) is 42.9 Å². The van der Waals surface area contributed by atoms with Gasteiger partial charge in [-0.2, -0.15) is 4.68 Å². The number of para-hydroxylation sites is 1. The number of rotatable bonds is 8. The Morgan fingerprint density at radius 2 is 2.00 bits per heavy atom. The first-order chi connectivity index (χ1) is 13.6. The predicted molar refractivity (Wildman–Crippen MR) is 111 cm³/mol. The zero-order valence-electron chi connectivity index (χ0n) is 16.1. The second-order valence-electron chi connectivity index (χ2n) is 6.66. The predicted octanol–water partition coefficient (Wildman–Crippen LogP) is 1.46. The van der Waals surface area contributed by atoms with Crippen LogP contribution in [0.4, 0.5) is 0 Å². The van der Waals surface area contributed by atoms with Crippen molar-refractivity contribution in [2.75, 3.05) is 20.1 Å². The first-order valence-corrected chi connectivity index (χ1v) is 9.74. The van der Waals surface area contributed by atoms with E-state index in [0.717, 1.165) is 28.4 Å². The van der Waals surface area contributed by atoms with Crippen molar-refractivity contribution in [2.45, 2.75) is 20.0 Å². The van der Waals surface area contributed by atoms with Crippen molar-refractivity contribution in [1.82, 2.24) is 24.6 Å². The molecule has 7 nitrogen and oxygen atoms in total. The topological polar surface area (TPSA) is 69.2 Å². The zero-order chi connectivity index (χ0) is 19.9. The van der Waals surface area contributed by atoms with Gasteiger partial charge >= 0.3 is 0 Å². The number of pyridine rings is 1. The second-order valence-corrected chi connectivity index (χ2v) is 7.03. The number of hydrogen-bond donors (Lipinski definition) is 2. The van der Waals surface area contributed by atoms with Crippen molar-refractivity contribution < 1.29 is 9.69 Å². The molecule has 1 amide bonds. The summed E-state index contributed by atoms with van der Waals surface area (Å²) in [7, 11) is 1.96. The Bertz CT molecular complexity index is 967. The van der Waals surface area contributed by atoms with Crippen LogP contribution in [0.25, 0.3) is 17.1 Å². The van der Waals surface area contributed by atoms with Gasteiger partial charge in [-0.3, -0.25) is 14.3 Å². The highest BCUT2D eigenvalue weighted by Gasteiger charge is 2.17. The van der Waals surface area contributed by atoms with Crippen LogP contribution >= 0.6 is 12.2 Å². The molecule has 8 heteroatoms. The molecule has 1 unspecified atom stereocenters. The van der Waals surface area contributed by atoms with Crippen molar-refractivity contribution in [3.8, 4) is 17.1 Å². The number of quaternary nitrogens is 1. The highest BCUT2D eigenvalue weighted by molar-refractivity contribution is 7.71. The van der Waals surface area contributed by atoms with Crippen LogP contribution in [-0.4, -0.2) is 45.4 Å². The maximum absolute atomic E-state index is 12.0. The molecule has 3 rings (SSSR count). The summed E-state index contributed by atoms with van der Waals surface area (Å²) >= 11 is 5.73. The number of likely N-dealkylation sites (N-methyl/N-ethyl adjacent to an activating group) is 1. The van der Waals surface area contributed by atoms with Crippen LogP contribution in [0.2, 0.25) is 0 Å². The third-order valence-corrected chi connectivity index (χ3v) is 4.62. The van der Waals surface area contributed by atoms with Gasteiger partial charge in [-0.25, -0.2) is 0 Å². The summed E-state index contributed by atoms with van der Waals surface area (Å²) < 4.78 is 4.29. The molecule has 1 aromatic carbocycles. The SMILES string of the molecule is CCCNC(=O)C[NH+](C)Cn1nc(-c2cccnc2)n(-c2ccccc2)c1=S. The van der Waals surface area contributed by atoms with Crippen LogP contribution in [0.3, 0.4) is 0 Å². The molecule has 2 N–H and O–H groups in total. The number of carbonyl (C=O) groups excluding carboxylic acids is 1. The van der Waals surface area contributed by atoms with E-state index in [1.807, 2.05) is 61.0 Å². The minimum atomic E-state index is 0.0286. The molecular formula is C20H25N6OS+. The fourth-order valence-electron chi connectivity index (χ4n) is 2.92. The van der Waals surface area contributed by atoms with E-state index >= 15 is 0 Å². The van der Waals surface area contributed by atoms with Crippen LogP contribution in [0.5, 0.6) is 0 Å². The molecule has 0 aliphatic carbocycles.